The van der Waals surface area contributed by atoms with Gasteiger partial charge in [0.2, 0.25) is 5.91 Å². The molecule has 0 bridgehead atoms. The van der Waals surface area contributed by atoms with Crippen LogP contribution in [0, 0.1) is 11.8 Å². The number of aliphatic hydroxyl groups excluding tert-OH is 1. The minimum Gasteiger partial charge on any atom is -0.497 e. The number of urea groups is 1. The van der Waals surface area contributed by atoms with Gasteiger partial charge in [0.25, 0.3) is 17.5 Å². The molecule has 0 unspecified atom stereocenters. The Hall–Kier alpha value is -4.63. The van der Waals surface area contributed by atoms with E-state index in [2.05, 4.69) is 27.5 Å². The number of anilines is 1. The number of nitrogens with one attached hydrogen (secondary N) is 2. The van der Waals surface area contributed by atoms with Crippen LogP contribution in [-0.2, 0) is 16.1 Å². The molecule has 2 atom stereocenters. The van der Waals surface area contributed by atoms with E-state index in [1.54, 1.807) is 30.3 Å². The second-order valence-corrected chi connectivity index (χ2v) is 8.37. The first-order chi connectivity index (χ1) is 17.3. The van der Waals surface area contributed by atoms with E-state index in [-0.39, 0.29) is 42.7 Å². The summed E-state index contributed by atoms with van der Waals surface area (Å²) in [6, 6.07) is 7.25. The Balaban J connectivity index is 1.56. The number of aliphatic hydroxyl groups is 1. The van der Waals surface area contributed by atoms with E-state index in [0.717, 1.165) is 0 Å². The number of ether oxygens (including phenoxy) is 2. The van der Waals surface area contributed by atoms with E-state index in [4.69, 9.17) is 9.47 Å². The molecule has 184 valence electrons. The number of pyridine rings is 1. The van der Waals surface area contributed by atoms with Crippen molar-refractivity contribution in [1.29, 1.82) is 0 Å². The van der Waals surface area contributed by atoms with Crippen molar-refractivity contribution in [2.24, 2.45) is 0 Å². The molecule has 2 aromatic rings. The van der Waals surface area contributed by atoms with Crippen molar-refractivity contribution >= 4 is 29.6 Å². The second kappa shape index (κ2) is 8.54. The summed E-state index contributed by atoms with van der Waals surface area (Å²) >= 11 is 0. The lowest BCUT2D eigenvalue weighted by atomic mass is 10.1. The summed E-state index contributed by atoms with van der Waals surface area (Å²) in [4.78, 5) is 57.5. The average Bonchev–Trinajstić information content (AvgIpc) is 3.48. The second-order valence-electron chi connectivity index (χ2n) is 8.37. The molecule has 0 aliphatic carbocycles. The van der Waals surface area contributed by atoms with Crippen molar-refractivity contribution < 1.29 is 33.8 Å². The van der Waals surface area contributed by atoms with Crippen LogP contribution in [0.5, 0.6) is 11.5 Å². The predicted octanol–water partition coefficient (Wildman–Crippen LogP) is -0.260. The van der Waals surface area contributed by atoms with Gasteiger partial charge in [-0.2, -0.15) is 0 Å². The minimum atomic E-state index is -2.01. The first-order valence-electron chi connectivity index (χ1n) is 10.9. The highest BCUT2D eigenvalue weighted by Gasteiger charge is 2.54. The third kappa shape index (κ3) is 3.66. The van der Waals surface area contributed by atoms with Gasteiger partial charge in [-0.1, -0.05) is 6.07 Å². The predicted molar refractivity (Wildman–Crippen MR) is 123 cm³/mol. The molecule has 0 spiro atoms. The van der Waals surface area contributed by atoms with E-state index in [0.29, 0.717) is 16.9 Å². The molecular weight excluding hydrogens is 470 g/mol. The number of hydrogen-bond acceptors (Lipinski definition) is 8. The van der Waals surface area contributed by atoms with Crippen molar-refractivity contribution in [3.05, 3.63) is 47.2 Å². The number of carbonyl (C=O) groups is 4. The lowest BCUT2D eigenvalue weighted by Crippen LogP contribution is -2.60. The fraction of sp³-hybridized carbons (Fsp3) is 0.292. The molecule has 2 saturated heterocycles. The summed E-state index contributed by atoms with van der Waals surface area (Å²) in [6.07, 6.45) is -0.829. The van der Waals surface area contributed by atoms with Crippen LogP contribution in [0.4, 0.5) is 10.6 Å². The van der Waals surface area contributed by atoms with Gasteiger partial charge in [-0.05, 0) is 41.7 Å². The molecule has 3 aliphatic rings. The molecule has 2 fully saturated rings. The van der Waals surface area contributed by atoms with Crippen molar-refractivity contribution in [1.82, 2.24) is 20.5 Å². The number of hydrogen-bond donors (Lipinski definition) is 3. The molecule has 5 rings (SSSR count). The molecule has 1 aromatic heterocycles. The van der Waals surface area contributed by atoms with Gasteiger partial charge in [0, 0.05) is 5.56 Å². The van der Waals surface area contributed by atoms with Crippen LogP contribution in [0.3, 0.4) is 0 Å². The van der Waals surface area contributed by atoms with Gasteiger partial charge in [-0.25, -0.2) is 9.78 Å². The zero-order valence-corrected chi connectivity index (χ0v) is 19.3. The molecule has 3 N–H and O–H groups in total. The summed E-state index contributed by atoms with van der Waals surface area (Å²) in [5, 5.41) is 14.4. The fourth-order valence-corrected chi connectivity index (χ4v) is 4.37. The number of carbonyl (C=O) groups excluding carboxylic acids is 4. The van der Waals surface area contributed by atoms with Crippen molar-refractivity contribution in [2.45, 2.75) is 24.7 Å². The Morgan fingerprint density at radius 2 is 1.94 bits per heavy atom. The van der Waals surface area contributed by atoms with Crippen LogP contribution < -0.4 is 25.0 Å². The fourth-order valence-electron chi connectivity index (χ4n) is 4.37. The van der Waals surface area contributed by atoms with Gasteiger partial charge < -0.3 is 14.6 Å². The SMILES string of the molecule is COc1ccc2c(c1)C(=O)N([C@@]1(C#Cc3nc(N4C[C@@H](O)CC4=O)ccc3OC)NC(=O)NC1=O)C2. The maximum Gasteiger partial charge on any atom is 0.324 e. The highest BCUT2D eigenvalue weighted by atomic mass is 16.5. The molecule has 5 amide bonds. The van der Waals surface area contributed by atoms with E-state index in [9.17, 15) is 24.3 Å². The summed E-state index contributed by atoms with van der Waals surface area (Å²) in [5.74, 6) is 4.81. The molecule has 0 radical (unpaired) electrons. The maximum absolute atomic E-state index is 13.3. The number of amides is 5. The third-order valence-electron chi connectivity index (χ3n) is 6.18. The number of aromatic nitrogens is 1. The number of nitrogens with zero attached hydrogens (tertiary/aromatic N) is 3. The minimum absolute atomic E-state index is 0.0192. The molecule has 4 heterocycles. The molecule has 36 heavy (non-hydrogen) atoms. The summed E-state index contributed by atoms with van der Waals surface area (Å²) in [7, 11) is 2.88. The molecule has 12 heteroatoms. The monoisotopic (exact) mass is 491 g/mol. The number of benzene rings is 1. The van der Waals surface area contributed by atoms with Crippen LogP contribution in [0.25, 0.3) is 0 Å². The van der Waals surface area contributed by atoms with E-state index in [1.165, 1.54) is 24.0 Å². The third-order valence-corrected chi connectivity index (χ3v) is 6.18. The number of fused-ring (bicyclic) bond motifs is 1. The van der Waals surface area contributed by atoms with Crippen molar-refractivity contribution in [2.75, 3.05) is 25.7 Å². The Morgan fingerprint density at radius 1 is 1.14 bits per heavy atom. The maximum atomic E-state index is 13.3. The number of methoxy groups -OCH3 is 2. The molecule has 12 nitrogen and oxygen atoms in total. The van der Waals surface area contributed by atoms with Crippen LogP contribution in [-0.4, -0.2) is 71.3 Å². The quantitative estimate of drug-likeness (QED) is 0.391. The van der Waals surface area contributed by atoms with E-state index in [1.807, 2.05) is 0 Å². The zero-order valence-electron chi connectivity index (χ0n) is 19.3. The van der Waals surface area contributed by atoms with Gasteiger partial charge in [0.15, 0.2) is 11.4 Å². The van der Waals surface area contributed by atoms with Gasteiger partial charge >= 0.3 is 6.03 Å². The Bertz CT molecular complexity index is 1380. The normalized spacial score (nSPS) is 22.7. The average molecular weight is 491 g/mol. The smallest absolute Gasteiger partial charge is 0.324 e. The van der Waals surface area contributed by atoms with E-state index >= 15 is 0 Å². The number of β-amino-alcohol motifs (C(OH)–C–C–N with tert-alkyl or cyclic N) is 1. The number of imide groups is 1. The Morgan fingerprint density at radius 3 is 2.58 bits per heavy atom. The highest BCUT2D eigenvalue weighted by Crippen LogP contribution is 2.32. The summed E-state index contributed by atoms with van der Waals surface area (Å²) < 4.78 is 10.5. The summed E-state index contributed by atoms with van der Waals surface area (Å²) in [6.45, 7) is 0.0999. The standard InChI is InChI=1S/C24H21N5O7/c1-35-15-4-3-13-11-29(21(32)16(13)10-15)24(22(33)26-23(34)27-24)8-7-17-18(36-2)5-6-19(25-17)28-12-14(30)9-20(28)31/h3-6,10,14,30H,9,11-12H2,1-2H3,(H2,26,27,33,34)/t14-,24+/m0/s1. The number of rotatable bonds is 4. The first kappa shape index (κ1) is 23.1. The first-order valence-corrected chi connectivity index (χ1v) is 10.9. The van der Waals surface area contributed by atoms with Crippen molar-refractivity contribution in [3.8, 4) is 23.3 Å². The molecule has 1 aromatic carbocycles. The van der Waals surface area contributed by atoms with Crippen LogP contribution in [0.1, 0.15) is 28.0 Å². The Labute approximate surface area is 205 Å². The Kier molecular flexibility index (Phi) is 5.49. The molecule has 3 aliphatic heterocycles. The lowest BCUT2D eigenvalue weighted by molar-refractivity contribution is -0.126. The molecule has 0 saturated carbocycles. The van der Waals surface area contributed by atoms with E-state index < -0.39 is 29.6 Å². The van der Waals surface area contributed by atoms with Crippen LogP contribution >= 0.6 is 0 Å². The van der Waals surface area contributed by atoms with Gasteiger partial charge in [-0.3, -0.25) is 34.8 Å². The summed E-state index contributed by atoms with van der Waals surface area (Å²) in [5.41, 5.74) is -0.973. The lowest BCUT2D eigenvalue weighted by Gasteiger charge is -2.30. The highest BCUT2D eigenvalue weighted by molar-refractivity contribution is 6.12. The van der Waals surface area contributed by atoms with Gasteiger partial charge in [0.05, 0.1) is 39.8 Å². The van der Waals surface area contributed by atoms with Crippen molar-refractivity contribution in [3.63, 3.8) is 0 Å². The van der Waals surface area contributed by atoms with Crippen LogP contribution in [0.2, 0.25) is 0 Å². The van der Waals surface area contributed by atoms with Gasteiger partial charge in [0.1, 0.15) is 11.6 Å². The molecular formula is C24H21N5O7. The largest absolute Gasteiger partial charge is 0.497 e. The topological polar surface area (TPSA) is 150 Å². The van der Waals surface area contributed by atoms with Crippen LogP contribution in [0.15, 0.2) is 30.3 Å². The van der Waals surface area contributed by atoms with Gasteiger partial charge in [-0.15, -0.1) is 0 Å². The zero-order chi connectivity index (χ0) is 25.6.